The minimum absolute atomic E-state index is 0.0751. The van der Waals surface area contributed by atoms with E-state index in [0.29, 0.717) is 43.0 Å². The van der Waals surface area contributed by atoms with Gasteiger partial charge < -0.3 is 4.42 Å². The van der Waals surface area contributed by atoms with E-state index in [9.17, 15) is 8.42 Å². The van der Waals surface area contributed by atoms with Gasteiger partial charge in [0.1, 0.15) is 4.90 Å². The van der Waals surface area contributed by atoms with E-state index in [1.54, 1.807) is 23.4 Å². The van der Waals surface area contributed by atoms with Crippen LogP contribution in [-0.4, -0.2) is 59.0 Å². The van der Waals surface area contributed by atoms with Crippen LogP contribution in [0, 0.1) is 6.92 Å². The predicted octanol–water partition coefficient (Wildman–Crippen LogP) is 3.13. The highest BCUT2D eigenvalue weighted by Gasteiger charge is 2.29. The number of pyridine rings is 1. The maximum atomic E-state index is 13.0. The van der Waals surface area contributed by atoms with Crippen LogP contribution in [0.15, 0.2) is 63.0 Å². The molecule has 4 rings (SSSR count). The third kappa shape index (κ3) is 5.32. The number of piperazine rings is 1. The summed E-state index contributed by atoms with van der Waals surface area (Å²) in [6.45, 7) is 6.87. The Morgan fingerprint density at radius 3 is 2.42 bits per heavy atom. The van der Waals surface area contributed by atoms with E-state index < -0.39 is 10.0 Å². The van der Waals surface area contributed by atoms with Crippen molar-refractivity contribution in [2.24, 2.45) is 0 Å². The lowest BCUT2D eigenvalue weighted by molar-refractivity contribution is 0.181. The molecule has 0 N–H and O–H groups in total. The standard InChI is InChI=1S/C21H25N5O3S2/c1-16(21-24-23-17(2)29-21)30-20-9-8-19(14-22-20)31(27,28)26-12-10-25(11-13-26)15-18-6-4-3-5-7-18/h3-9,14,16H,10-13,15H2,1-2H3. The molecule has 10 heteroatoms. The Labute approximate surface area is 186 Å². The zero-order valence-electron chi connectivity index (χ0n) is 17.5. The van der Waals surface area contributed by atoms with Crippen LogP contribution in [0.3, 0.4) is 0 Å². The normalized spacial score (nSPS) is 17.0. The number of sulfonamides is 1. The van der Waals surface area contributed by atoms with Crippen LogP contribution in [0.2, 0.25) is 0 Å². The lowest BCUT2D eigenvalue weighted by atomic mass is 10.2. The minimum atomic E-state index is -3.56. The molecule has 1 atom stereocenters. The Morgan fingerprint density at radius 1 is 1.06 bits per heavy atom. The van der Waals surface area contributed by atoms with Crippen molar-refractivity contribution >= 4 is 21.8 Å². The van der Waals surface area contributed by atoms with Gasteiger partial charge in [0.2, 0.25) is 21.8 Å². The Kier molecular flexibility index (Phi) is 6.71. The summed E-state index contributed by atoms with van der Waals surface area (Å²) in [6.07, 6.45) is 1.43. The number of hydrogen-bond donors (Lipinski definition) is 0. The largest absolute Gasteiger partial charge is 0.424 e. The Morgan fingerprint density at radius 2 is 1.81 bits per heavy atom. The Balaban J connectivity index is 1.35. The van der Waals surface area contributed by atoms with E-state index in [0.717, 1.165) is 6.54 Å². The van der Waals surface area contributed by atoms with Crippen molar-refractivity contribution < 1.29 is 12.8 Å². The van der Waals surface area contributed by atoms with Crippen LogP contribution >= 0.6 is 11.8 Å². The molecule has 31 heavy (non-hydrogen) atoms. The number of thioether (sulfide) groups is 1. The zero-order valence-corrected chi connectivity index (χ0v) is 19.1. The van der Waals surface area contributed by atoms with Gasteiger partial charge in [0.15, 0.2) is 0 Å². The SMILES string of the molecule is Cc1nnc(C(C)Sc2ccc(S(=O)(=O)N3CCN(Cc4ccccc4)CC3)cn2)o1. The molecule has 0 aliphatic carbocycles. The van der Waals surface area contributed by atoms with E-state index in [1.165, 1.54) is 23.5 Å². The van der Waals surface area contributed by atoms with Crippen molar-refractivity contribution in [2.75, 3.05) is 26.2 Å². The van der Waals surface area contributed by atoms with Crippen molar-refractivity contribution in [3.63, 3.8) is 0 Å². The topological polar surface area (TPSA) is 92.4 Å². The molecule has 3 aromatic rings. The van der Waals surface area contributed by atoms with Crippen LogP contribution in [-0.2, 0) is 16.6 Å². The fourth-order valence-corrected chi connectivity index (χ4v) is 5.60. The minimum Gasteiger partial charge on any atom is -0.424 e. The van der Waals surface area contributed by atoms with Gasteiger partial charge in [-0.25, -0.2) is 13.4 Å². The summed E-state index contributed by atoms with van der Waals surface area (Å²) in [5, 5.41) is 8.49. The maximum absolute atomic E-state index is 13.0. The molecule has 0 amide bonds. The van der Waals surface area contributed by atoms with Gasteiger partial charge in [0.25, 0.3) is 0 Å². The van der Waals surface area contributed by atoms with Crippen LogP contribution in [0.1, 0.15) is 29.5 Å². The highest BCUT2D eigenvalue weighted by atomic mass is 32.2. The van der Waals surface area contributed by atoms with E-state index in [1.807, 2.05) is 25.1 Å². The number of benzene rings is 1. The average Bonchev–Trinajstić information content (AvgIpc) is 3.22. The predicted molar refractivity (Wildman–Crippen MR) is 118 cm³/mol. The summed E-state index contributed by atoms with van der Waals surface area (Å²) in [5.74, 6) is 1.04. The highest BCUT2D eigenvalue weighted by Crippen LogP contribution is 2.33. The monoisotopic (exact) mass is 459 g/mol. The first-order valence-electron chi connectivity index (χ1n) is 10.1. The third-order valence-electron chi connectivity index (χ3n) is 5.11. The first-order chi connectivity index (χ1) is 14.9. The molecule has 164 valence electrons. The van der Waals surface area contributed by atoms with Gasteiger partial charge >= 0.3 is 0 Å². The molecule has 1 saturated heterocycles. The third-order valence-corrected chi connectivity index (χ3v) is 8.03. The van der Waals surface area contributed by atoms with Crippen LogP contribution in [0.25, 0.3) is 0 Å². The molecule has 1 aliphatic rings. The number of aryl methyl sites for hydroxylation is 1. The summed E-state index contributed by atoms with van der Waals surface area (Å²) in [6, 6.07) is 13.6. The van der Waals surface area contributed by atoms with E-state index in [-0.39, 0.29) is 10.1 Å². The van der Waals surface area contributed by atoms with Gasteiger partial charge in [-0.05, 0) is 24.6 Å². The summed E-state index contributed by atoms with van der Waals surface area (Å²) in [4.78, 5) is 6.83. The number of aromatic nitrogens is 3. The molecule has 0 spiro atoms. The van der Waals surface area contributed by atoms with Crippen molar-refractivity contribution in [3.05, 3.63) is 66.0 Å². The summed E-state index contributed by atoms with van der Waals surface area (Å²) < 4.78 is 33.1. The van der Waals surface area contributed by atoms with Crippen molar-refractivity contribution in [1.82, 2.24) is 24.4 Å². The lowest BCUT2D eigenvalue weighted by Crippen LogP contribution is -2.48. The van der Waals surface area contributed by atoms with Gasteiger partial charge in [-0.1, -0.05) is 42.1 Å². The van der Waals surface area contributed by atoms with Crippen LogP contribution in [0.5, 0.6) is 0 Å². The fraction of sp³-hybridized carbons (Fsp3) is 0.381. The van der Waals surface area contributed by atoms with Crippen molar-refractivity contribution in [3.8, 4) is 0 Å². The van der Waals surface area contributed by atoms with E-state index in [2.05, 4.69) is 32.2 Å². The van der Waals surface area contributed by atoms with Gasteiger partial charge in [-0.2, -0.15) is 4.31 Å². The summed E-state index contributed by atoms with van der Waals surface area (Å²) >= 11 is 1.44. The summed E-state index contributed by atoms with van der Waals surface area (Å²) in [5.41, 5.74) is 1.24. The molecule has 0 saturated carbocycles. The van der Waals surface area contributed by atoms with E-state index in [4.69, 9.17) is 4.42 Å². The molecule has 0 radical (unpaired) electrons. The fourth-order valence-electron chi connectivity index (χ4n) is 3.42. The number of nitrogens with zero attached hydrogens (tertiary/aromatic N) is 5. The second-order valence-electron chi connectivity index (χ2n) is 7.42. The highest BCUT2D eigenvalue weighted by molar-refractivity contribution is 7.99. The van der Waals surface area contributed by atoms with Gasteiger partial charge in [-0.15, -0.1) is 10.2 Å². The summed E-state index contributed by atoms with van der Waals surface area (Å²) in [7, 11) is -3.56. The molecule has 0 bridgehead atoms. The quantitative estimate of drug-likeness (QED) is 0.498. The molecule has 2 aromatic heterocycles. The molecule has 1 aromatic carbocycles. The van der Waals surface area contributed by atoms with Crippen molar-refractivity contribution in [1.29, 1.82) is 0 Å². The molecular weight excluding hydrogens is 434 g/mol. The van der Waals surface area contributed by atoms with Gasteiger partial charge in [-0.3, -0.25) is 4.90 Å². The maximum Gasteiger partial charge on any atom is 0.244 e. The Hall–Kier alpha value is -2.27. The molecule has 1 aliphatic heterocycles. The molecule has 8 nitrogen and oxygen atoms in total. The second kappa shape index (κ2) is 9.47. The van der Waals surface area contributed by atoms with Crippen molar-refractivity contribution in [2.45, 2.75) is 35.6 Å². The van der Waals surface area contributed by atoms with Crippen LogP contribution < -0.4 is 0 Å². The molecule has 3 heterocycles. The van der Waals surface area contributed by atoms with Crippen LogP contribution in [0.4, 0.5) is 0 Å². The molecular formula is C21H25N5O3S2. The molecule has 1 fully saturated rings. The lowest BCUT2D eigenvalue weighted by Gasteiger charge is -2.33. The van der Waals surface area contributed by atoms with Gasteiger partial charge in [0, 0.05) is 45.8 Å². The van der Waals surface area contributed by atoms with E-state index >= 15 is 0 Å². The van der Waals surface area contributed by atoms with Gasteiger partial charge in [0.05, 0.1) is 10.3 Å². The molecule has 1 unspecified atom stereocenters. The Bertz CT molecular complexity index is 1100. The average molecular weight is 460 g/mol. The first kappa shape index (κ1) is 21.9. The number of hydrogen-bond acceptors (Lipinski definition) is 8. The number of rotatable bonds is 7. The second-order valence-corrected chi connectivity index (χ2v) is 10.7. The first-order valence-corrected chi connectivity index (χ1v) is 12.4. The smallest absolute Gasteiger partial charge is 0.244 e. The zero-order chi connectivity index (χ0) is 21.8.